The third kappa shape index (κ3) is 5.13. The van der Waals surface area contributed by atoms with Crippen molar-refractivity contribution in [3.63, 3.8) is 0 Å². The first kappa shape index (κ1) is 22.6. The Balaban J connectivity index is 1.90. The first-order valence-corrected chi connectivity index (χ1v) is 11.8. The Morgan fingerprint density at radius 2 is 1.90 bits per heavy atom. The Bertz CT molecular complexity index is 1010. The lowest BCUT2D eigenvalue weighted by atomic mass is 9.84. The van der Waals surface area contributed by atoms with Gasteiger partial charge in [-0.05, 0) is 68.7 Å². The quantitative estimate of drug-likeness (QED) is 0.517. The van der Waals surface area contributed by atoms with E-state index in [4.69, 9.17) is 15.8 Å². The van der Waals surface area contributed by atoms with Crippen LogP contribution in [0.5, 0.6) is 5.75 Å². The maximum atomic E-state index is 13.2. The SMILES string of the molecule is CC[C@H](C)N(Cc1cc(Cl)ccc1OS(=O)(=O)c1ccc(F)cc1)C(=O)C1CCC1. The van der Waals surface area contributed by atoms with Gasteiger partial charge in [0, 0.05) is 29.1 Å². The number of hydrogen-bond donors (Lipinski definition) is 0. The van der Waals surface area contributed by atoms with Gasteiger partial charge in [-0.2, -0.15) is 8.42 Å². The van der Waals surface area contributed by atoms with Gasteiger partial charge in [-0.1, -0.05) is 24.9 Å². The Morgan fingerprint density at radius 3 is 2.47 bits per heavy atom. The molecular weight excluding hydrogens is 429 g/mol. The Morgan fingerprint density at radius 1 is 1.23 bits per heavy atom. The zero-order valence-corrected chi connectivity index (χ0v) is 18.5. The van der Waals surface area contributed by atoms with Crippen LogP contribution in [-0.2, 0) is 21.5 Å². The van der Waals surface area contributed by atoms with Gasteiger partial charge in [0.15, 0.2) is 0 Å². The smallest absolute Gasteiger partial charge is 0.339 e. The molecule has 0 aromatic heterocycles. The number of rotatable bonds is 8. The average molecular weight is 454 g/mol. The molecule has 0 bridgehead atoms. The van der Waals surface area contributed by atoms with Crippen LogP contribution in [-0.4, -0.2) is 25.3 Å². The molecule has 0 radical (unpaired) electrons. The van der Waals surface area contributed by atoms with E-state index in [1.807, 2.05) is 13.8 Å². The molecule has 1 saturated carbocycles. The number of carbonyl (C=O) groups excluding carboxylic acids is 1. The van der Waals surface area contributed by atoms with E-state index in [2.05, 4.69) is 0 Å². The predicted octanol–water partition coefficient (Wildman–Crippen LogP) is 5.17. The molecule has 1 atom stereocenters. The van der Waals surface area contributed by atoms with Crippen molar-refractivity contribution in [3.05, 3.63) is 58.9 Å². The van der Waals surface area contributed by atoms with Crippen LogP contribution in [0.15, 0.2) is 47.4 Å². The summed E-state index contributed by atoms with van der Waals surface area (Å²) in [4.78, 5) is 14.6. The third-order valence-electron chi connectivity index (χ3n) is 5.53. The Hall–Kier alpha value is -2.12. The van der Waals surface area contributed by atoms with Crippen LogP contribution < -0.4 is 4.18 Å². The molecule has 1 aliphatic carbocycles. The molecule has 1 aliphatic rings. The molecule has 0 N–H and O–H groups in total. The van der Waals surface area contributed by atoms with Gasteiger partial charge in [0.25, 0.3) is 0 Å². The summed E-state index contributed by atoms with van der Waals surface area (Å²) in [5, 5.41) is 0.414. The zero-order chi connectivity index (χ0) is 21.9. The summed E-state index contributed by atoms with van der Waals surface area (Å²) in [7, 11) is -4.17. The molecule has 2 aromatic rings. The van der Waals surface area contributed by atoms with E-state index in [-0.39, 0.29) is 35.1 Å². The van der Waals surface area contributed by atoms with E-state index < -0.39 is 15.9 Å². The normalized spacial score (nSPS) is 15.3. The molecule has 30 heavy (non-hydrogen) atoms. The van der Waals surface area contributed by atoms with E-state index in [1.54, 1.807) is 11.0 Å². The van der Waals surface area contributed by atoms with Crippen molar-refractivity contribution >= 4 is 27.6 Å². The number of carbonyl (C=O) groups is 1. The molecule has 0 aliphatic heterocycles. The van der Waals surface area contributed by atoms with Crippen molar-refractivity contribution in [2.75, 3.05) is 0 Å². The molecule has 1 amide bonds. The summed E-state index contributed by atoms with van der Waals surface area (Å²) < 4.78 is 43.8. The van der Waals surface area contributed by atoms with Crippen LogP contribution in [0.3, 0.4) is 0 Å². The first-order chi connectivity index (χ1) is 14.2. The average Bonchev–Trinajstić information content (AvgIpc) is 2.66. The second kappa shape index (κ2) is 9.35. The highest BCUT2D eigenvalue weighted by molar-refractivity contribution is 7.87. The molecule has 1 fully saturated rings. The number of benzene rings is 2. The lowest BCUT2D eigenvalue weighted by molar-refractivity contribution is -0.141. The molecule has 0 saturated heterocycles. The predicted molar refractivity (Wildman–Crippen MR) is 113 cm³/mol. The van der Waals surface area contributed by atoms with Crippen molar-refractivity contribution in [3.8, 4) is 5.75 Å². The molecule has 5 nitrogen and oxygen atoms in total. The Kier molecular flexibility index (Phi) is 7.03. The van der Waals surface area contributed by atoms with Gasteiger partial charge in [-0.3, -0.25) is 4.79 Å². The minimum absolute atomic E-state index is 0.0152. The van der Waals surface area contributed by atoms with Crippen LogP contribution in [0, 0.1) is 11.7 Å². The fourth-order valence-electron chi connectivity index (χ4n) is 3.27. The van der Waals surface area contributed by atoms with Gasteiger partial charge in [-0.15, -0.1) is 0 Å². The highest BCUT2D eigenvalue weighted by Gasteiger charge is 2.32. The maximum absolute atomic E-state index is 13.2. The minimum atomic E-state index is -4.17. The van der Waals surface area contributed by atoms with Crippen molar-refractivity contribution in [2.24, 2.45) is 5.92 Å². The zero-order valence-electron chi connectivity index (χ0n) is 17.0. The van der Waals surface area contributed by atoms with Crippen molar-refractivity contribution < 1.29 is 21.8 Å². The number of amides is 1. The fraction of sp³-hybridized carbons (Fsp3) is 0.409. The van der Waals surface area contributed by atoms with E-state index in [0.717, 1.165) is 49.9 Å². The molecule has 162 valence electrons. The van der Waals surface area contributed by atoms with Gasteiger partial charge in [0.2, 0.25) is 5.91 Å². The summed E-state index contributed by atoms with van der Waals surface area (Å²) in [6, 6.07) is 9.00. The largest absolute Gasteiger partial charge is 0.379 e. The minimum Gasteiger partial charge on any atom is -0.379 e. The topological polar surface area (TPSA) is 63.7 Å². The fourth-order valence-corrected chi connectivity index (χ4v) is 4.42. The van der Waals surface area contributed by atoms with Crippen molar-refractivity contribution in [1.82, 2.24) is 4.90 Å². The monoisotopic (exact) mass is 453 g/mol. The van der Waals surface area contributed by atoms with Gasteiger partial charge in [0.1, 0.15) is 16.5 Å². The van der Waals surface area contributed by atoms with Gasteiger partial charge >= 0.3 is 10.1 Å². The maximum Gasteiger partial charge on any atom is 0.339 e. The first-order valence-electron chi connectivity index (χ1n) is 10.00. The van der Waals surface area contributed by atoms with Crippen LogP contribution in [0.2, 0.25) is 5.02 Å². The molecule has 3 rings (SSSR count). The van der Waals surface area contributed by atoms with E-state index >= 15 is 0 Å². The summed E-state index contributed by atoms with van der Waals surface area (Å²) in [5.74, 6) is -0.355. The van der Waals surface area contributed by atoms with E-state index in [0.29, 0.717) is 10.6 Å². The number of nitrogens with zero attached hydrogens (tertiary/aromatic N) is 1. The highest BCUT2D eigenvalue weighted by Crippen LogP contribution is 2.32. The lowest BCUT2D eigenvalue weighted by Crippen LogP contribution is -2.43. The second-order valence-electron chi connectivity index (χ2n) is 7.59. The van der Waals surface area contributed by atoms with Gasteiger partial charge in [-0.25, -0.2) is 4.39 Å². The van der Waals surface area contributed by atoms with Crippen LogP contribution >= 0.6 is 11.6 Å². The summed E-state index contributed by atoms with van der Waals surface area (Å²) in [5.41, 5.74) is 0.501. The molecule has 0 unspecified atom stereocenters. The van der Waals surface area contributed by atoms with Crippen molar-refractivity contribution in [1.29, 1.82) is 0 Å². The molecule has 2 aromatic carbocycles. The molecule has 0 heterocycles. The number of halogens is 2. The molecular formula is C22H25ClFNO4S. The number of hydrogen-bond acceptors (Lipinski definition) is 4. The third-order valence-corrected chi connectivity index (χ3v) is 7.01. The standard InChI is InChI=1S/C22H25ClFNO4S/c1-3-15(2)25(22(26)16-5-4-6-16)14-17-13-18(23)7-12-21(17)29-30(27,28)20-10-8-19(24)9-11-20/h7-13,15-16H,3-6,14H2,1-2H3/t15-/m0/s1. The second-order valence-corrected chi connectivity index (χ2v) is 9.58. The van der Waals surface area contributed by atoms with Crippen LogP contribution in [0.1, 0.15) is 45.1 Å². The summed E-state index contributed by atoms with van der Waals surface area (Å²) >= 11 is 6.15. The summed E-state index contributed by atoms with van der Waals surface area (Å²) in [6.45, 7) is 4.16. The summed E-state index contributed by atoms with van der Waals surface area (Å²) in [6.07, 6.45) is 3.57. The van der Waals surface area contributed by atoms with Crippen LogP contribution in [0.4, 0.5) is 4.39 Å². The van der Waals surface area contributed by atoms with Gasteiger partial charge in [0.05, 0.1) is 0 Å². The molecule has 0 spiro atoms. The molecule has 8 heteroatoms. The highest BCUT2D eigenvalue weighted by atomic mass is 35.5. The van der Waals surface area contributed by atoms with Crippen molar-refractivity contribution in [2.45, 2.75) is 57.0 Å². The lowest BCUT2D eigenvalue weighted by Gasteiger charge is -2.35. The Labute approximate surface area is 181 Å². The van der Waals surface area contributed by atoms with E-state index in [9.17, 15) is 17.6 Å². The van der Waals surface area contributed by atoms with E-state index in [1.165, 1.54) is 12.1 Å². The van der Waals surface area contributed by atoms with Crippen LogP contribution in [0.25, 0.3) is 0 Å². The van der Waals surface area contributed by atoms with Gasteiger partial charge < -0.3 is 9.08 Å².